The Labute approximate surface area is 121 Å². The molecule has 0 saturated heterocycles. The second-order valence-electron chi connectivity index (χ2n) is 6.35. The van der Waals surface area contributed by atoms with Crippen LogP contribution in [0, 0.1) is 19.8 Å². The quantitative estimate of drug-likeness (QED) is 0.860. The van der Waals surface area contributed by atoms with Crippen LogP contribution in [-0.2, 0) is 0 Å². The molecule has 0 heterocycles. The van der Waals surface area contributed by atoms with Gasteiger partial charge in [0, 0.05) is 0 Å². The monoisotopic (exact) mass is 275 g/mol. The number of benzene rings is 1. The molecule has 2 unspecified atom stereocenters. The van der Waals surface area contributed by atoms with Crippen molar-refractivity contribution in [1.29, 1.82) is 0 Å². The molecule has 0 aromatic heterocycles. The van der Waals surface area contributed by atoms with Crippen molar-refractivity contribution in [2.75, 3.05) is 7.11 Å². The van der Waals surface area contributed by atoms with Gasteiger partial charge in [-0.2, -0.15) is 0 Å². The van der Waals surface area contributed by atoms with Gasteiger partial charge in [0.05, 0.1) is 18.2 Å². The van der Waals surface area contributed by atoms with Crippen LogP contribution in [0.15, 0.2) is 12.1 Å². The fourth-order valence-electron chi connectivity index (χ4n) is 3.43. The molecule has 2 atom stereocenters. The number of ketones is 1. The lowest BCUT2D eigenvalue weighted by Gasteiger charge is -2.36. The van der Waals surface area contributed by atoms with E-state index in [1.54, 1.807) is 7.11 Å². The molecule has 0 aliphatic heterocycles. The first-order valence-electron chi connectivity index (χ1n) is 7.36. The van der Waals surface area contributed by atoms with E-state index < -0.39 is 5.54 Å². The Bertz CT molecular complexity index is 524. The Balaban J connectivity index is 2.43. The summed E-state index contributed by atoms with van der Waals surface area (Å²) in [7, 11) is 1.61. The molecule has 110 valence electrons. The Morgan fingerprint density at radius 2 is 2.10 bits per heavy atom. The number of carbonyl (C=O) groups is 1. The first kappa shape index (κ1) is 15.0. The maximum absolute atomic E-state index is 13.0. The predicted molar refractivity (Wildman–Crippen MR) is 81.3 cm³/mol. The minimum absolute atomic E-state index is 0.0402. The van der Waals surface area contributed by atoms with Gasteiger partial charge in [-0.25, -0.2) is 0 Å². The molecule has 2 N–H and O–H groups in total. The van der Waals surface area contributed by atoms with Crippen LogP contribution in [-0.4, -0.2) is 18.4 Å². The summed E-state index contributed by atoms with van der Waals surface area (Å²) < 4.78 is 5.41. The van der Waals surface area contributed by atoms with Crippen LogP contribution >= 0.6 is 0 Å². The lowest BCUT2D eigenvalue weighted by molar-refractivity contribution is 0.0815. The number of nitrogens with two attached hydrogens (primary N) is 1. The third kappa shape index (κ3) is 2.73. The van der Waals surface area contributed by atoms with Crippen molar-refractivity contribution in [2.45, 2.75) is 52.0 Å². The molecular formula is C17H25NO2. The van der Waals surface area contributed by atoms with Gasteiger partial charge in [0.15, 0.2) is 5.78 Å². The molecule has 3 nitrogen and oxygen atoms in total. The zero-order valence-corrected chi connectivity index (χ0v) is 13.0. The number of hydrogen-bond donors (Lipinski definition) is 1. The third-order valence-electron chi connectivity index (χ3n) is 4.38. The molecule has 1 fully saturated rings. The average Bonchev–Trinajstić information content (AvgIpc) is 2.36. The maximum Gasteiger partial charge on any atom is 0.186 e. The molecular weight excluding hydrogens is 250 g/mol. The fourth-order valence-corrected chi connectivity index (χ4v) is 3.43. The Morgan fingerprint density at radius 3 is 2.70 bits per heavy atom. The van der Waals surface area contributed by atoms with Crippen LogP contribution in [0.3, 0.4) is 0 Å². The van der Waals surface area contributed by atoms with Crippen molar-refractivity contribution in [3.63, 3.8) is 0 Å². The zero-order chi connectivity index (χ0) is 14.9. The molecule has 1 saturated carbocycles. The van der Waals surface area contributed by atoms with E-state index in [0.717, 1.165) is 36.8 Å². The van der Waals surface area contributed by atoms with E-state index in [1.165, 1.54) is 0 Å². The normalized spacial score (nSPS) is 26.4. The largest absolute Gasteiger partial charge is 0.496 e. The number of hydrogen-bond acceptors (Lipinski definition) is 3. The van der Waals surface area contributed by atoms with Crippen molar-refractivity contribution >= 4 is 5.78 Å². The highest BCUT2D eigenvalue weighted by molar-refractivity contribution is 6.06. The maximum atomic E-state index is 13.0. The second kappa shape index (κ2) is 5.57. The van der Waals surface area contributed by atoms with Crippen molar-refractivity contribution in [1.82, 2.24) is 0 Å². The van der Waals surface area contributed by atoms with Gasteiger partial charge in [0.1, 0.15) is 5.75 Å². The summed E-state index contributed by atoms with van der Waals surface area (Å²) in [6.45, 7) is 6.14. The number of ether oxygens (including phenoxy) is 1. The lowest BCUT2D eigenvalue weighted by atomic mass is 9.72. The molecule has 0 amide bonds. The van der Waals surface area contributed by atoms with Gasteiger partial charge >= 0.3 is 0 Å². The van der Waals surface area contributed by atoms with E-state index in [9.17, 15) is 4.79 Å². The minimum atomic E-state index is -0.731. The van der Waals surface area contributed by atoms with Crippen molar-refractivity contribution in [2.24, 2.45) is 11.7 Å². The molecule has 2 rings (SSSR count). The van der Waals surface area contributed by atoms with E-state index in [4.69, 9.17) is 10.5 Å². The number of aryl methyl sites for hydroxylation is 2. The summed E-state index contributed by atoms with van der Waals surface area (Å²) in [5.74, 6) is 1.20. The SMILES string of the molecule is COc1cc(C)cc(C)c1C(=O)C1(N)CCCC(C)C1. The third-order valence-corrected chi connectivity index (χ3v) is 4.38. The summed E-state index contributed by atoms with van der Waals surface area (Å²) in [6, 6.07) is 3.93. The molecule has 1 aromatic rings. The summed E-state index contributed by atoms with van der Waals surface area (Å²) in [4.78, 5) is 13.0. The Morgan fingerprint density at radius 1 is 1.40 bits per heavy atom. The molecule has 0 bridgehead atoms. The highest BCUT2D eigenvalue weighted by Gasteiger charge is 2.40. The van der Waals surface area contributed by atoms with E-state index in [-0.39, 0.29) is 5.78 Å². The molecule has 1 aliphatic rings. The van der Waals surface area contributed by atoms with Gasteiger partial charge in [0.2, 0.25) is 0 Å². The van der Waals surface area contributed by atoms with Gasteiger partial charge < -0.3 is 10.5 Å². The topological polar surface area (TPSA) is 52.3 Å². The van der Waals surface area contributed by atoms with Gasteiger partial charge in [0.25, 0.3) is 0 Å². The number of carbonyl (C=O) groups excluding carboxylic acids is 1. The Kier molecular flexibility index (Phi) is 4.19. The highest BCUT2D eigenvalue weighted by atomic mass is 16.5. The fraction of sp³-hybridized carbons (Fsp3) is 0.588. The van der Waals surface area contributed by atoms with Crippen LogP contribution in [0.5, 0.6) is 5.75 Å². The molecule has 3 heteroatoms. The highest BCUT2D eigenvalue weighted by Crippen LogP contribution is 2.36. The van der Waals surface area contributed by atoms with E-state index in [0.29, 0.717) is 17.2 Å². The van der Waals surface area contributed by atoms with Crippen LogP contribution in [0.4, 0.5) is 0 Å². The van der Waals surface area contributed by atoms with Gasteiger partial charge in [-0.15, -0.1) is 0 Å². The summed E-state index contributed by atoms with van der Waals surface area (Å²) in [6.07, 6.45) is 3.72. The van der Waals surface area contributed by atoms with Gasteiger partial charge in [-0.05, 0) is 49.8 Å². The van der Waals surface area contributed by atoms with Gasteiger partial charge in [-0.1, -0.05) is 25.8 Å². The Hall–Kier alpha value is -1.35. The zero-order valence-electron chi connectivity index (χ0n) is 13.0. The second-order valence-corrected chi connectivity index (χ2v) is 6.35. The molecule has 0 spiro atoms. The standard InChI is InChI=1S/C17H25NO2/c1-11-6-5-7-17(18,10-11)16(19)15-13(3)8-12(2)9-14(15)20-4/h8-9,11H,5-7,10,18H2,1-4H3. The molecule has 1 aliphatic carbocycles. The summed E-state index contributed by atoms with van der Waals surface area (Å²) >= 11 is 0. The first-order valence-corrected chi connectivity index (χ1v) is 7.36. The van der Waals surface area contributed by atoms with E-state index in [2.05, 4.69) is 6.92 Å². The number of rotatable bonds is 3. The van der Waals surface area contributed by atoms with Crippen LogP contribution in [0.1, 0.15) is 54.1 Å². The van der Waals surface area contributed by atoms with Crippen molar-refractivity contribution in [3.8, 4) is 5.75 Å². The number of Topliss-reactive ketones (excluding diaryl/α,β-unsaturated/α-hetero) is 1. The van der Waals surface area contributed by atoms with Crippen molar-refractivity contribution in [3.05, 3.63) is 28.8 Å². The molecule has 1 aromatic carbocycles. The summed E-state index contributed by atoms with van der Waals surface area (Å²) in [5, 5.41) is 0. The molecule has 0 radical (unpaired) electrons. The lowest BCUT2D eigenvalue weighted by Crippen LogP contribution is -2.51. The predicted octanol–water partition coefficient (Wildman–Crippen LogP) is 3.40. The minimum Gasteiger partial charge on any atom is -0.496 e. The van der Waals surface area contributed by atoms with E-state index in [1.807, 2.05) is 26.0 Å². The van der Waals surface area contributed by atoms with Crippen LogP contribution < -0.4 is 10.5 Å². The van der Waals surface area contributed by atoms with Crippen LogP contribution in [0.2, 0.25) is 0 Å². The van der Waals surface area contributed by atoms with Crippen molar-refractivity contribution < 1.29 is 9.53 Å². The molecule has 20 heavy (non-hydrogen) atoms. The van der Waals surface area contributed by atoms with Gasteiger partial charge in [-0.3, -0.25) is 4.79 Å². The number of methoxy groups -OCH3 is 1. The smallest absolute Gasteiger partial charge is 0.186 e. The van der Waals surface area contributed by atoms with Crippen LogP contribution in [0.25, 0.3) is 0 Å². The summed E-state index contributed by atoms with van der Waals surface area (Å²) in [5.41, 5.74) is 8.43. The van der Waals surface area contributed by atoms with E-state index >= 15 is 0 Å². The average molecular weight is 275 g/mol. The first-order chi connectivity index (χ1) is 9.37.